The van der Waals surface area contributed by atoms with E-state index < -0.39 is 7.12 Å². The molecule has 0 bridgehead atoms. The lowest BCUT2D eigenvalue weighted by Crippen LogP contribution is -2.43. The summed E-state index contributed by atoms with van der Waals surface area (Å²) in [7, 11) is -0.443. The summed E-state index contributed by atoms with van der Waals surface area (Å²) >= 11 is 0. The molecule has 1 amide bonds. The van der Waals surface area contributed by atoms with Crippen molar-refractivity contribution in [3.05, 3.63) is 24.3 Å². The van der Waals surface area contributed by atoms with Crippen molar-refractivity contribution in [3.8, 4) is 5.75 Å². The Balaban J connectivity index is 2.01. The fraction of sp³-hybridized carbons (Fsp3) is 0.611. The van der Waals surface area contributed by atoms with Crippen molar-refractivity contribution in [2.75, 3.05) is 6.61 Å². The van der Waals surface area contributed by atoms with Gasteiger partial charge in [0.25, 0.3) is 5.91 Å². The topological polar surface area (TPSA) is 56.8 Å². The highest BCUT2D eigenvalue weighted by atomic mass is 16.7. The summed E-state index contributed by atoms with van der Waals surface area (Å²) in [5.41, 5.74) is -0.171. The Morgan fingerprint density at radius 2 is 1.75 bits per heavy atom. The standard InChI is InChI=1S/C18H28BNO4/c1-16(2,3)20-15(21)12-22-14-10-8-9-13(11-14)19-23-17(4,5)18(6,7)24-19/h8-11H,12H2,1-7H3,(H,20,21). The third-order valence-electron chi connectivity index (χ3n) is 4.27. The lowest BCUT2D eigenvalue weighted by atomic mass is 9.79. The Hall–Kier alpha value is -1.53. The van der Waals surface area contributed by atoms with E-state index in [1.165, 1.54) is 0 Å². The van der Waals surface area contributed by atoms with Crippen LogP contribution in [0.2, 0.25) is 0 Å². The van der Waals surface area contributed by atoms with Gasteiger partial charge in [0.1, 0.15) is 5.75 Å². The monoisotopic (exact) mass is 333 g/mol. The summed E-state index contributed by atoms with van der Waals surface area (Å²) in [4.78, 5) is 11.9. The quantitative estimate of drug-likeness (QED) is 0.859. The van der Waals surface area contributed by atoms with Gasteiger partial charge in [0.15, 0.2) is 6.61 Å². The summed E-state index contributed by atoms with van der Waals surface area (Å²) < 4.78 is 17.7. The first-order valence-electron chi connectivity index (χ1n) is 8.29. The van der Waals surface area contributed by atoms with Gasteiger partial charge in [-0.15, -0.1) is 0 Å². The number of hydrogen-bond acceptors (Lipinski definition) is 4. The molecule has 0 atom stereocenters. The fourth-order valence-electron chi connectivity index (χ4n) is 2.33. The van der Waals surface area contributed by atoms with Gasteiger partial charge in [0, 0.05) is 5.54 Å². The summed E-state index contributed by atoms with van der Waals surface area (Å²) in [6, 6.07) is 7.48. The Morgan fingerprint density at radius 1 is 1.17 bits per heavy atom. The van der Waals surface area contributed by atoms with E-state index in [2.05, 4.69) is 5.32 Å². The largest absolute Gasteiger partial charge is 0.494 e. The van der Waals surface area contributed by atoms with Crippen molar-refractivity contribution in [1.29, 1.82) is 0 Å². The molecule has 24 heavy (non-hydrogen) atoms. The fourth-order valence-corrected chi connectivity index (χ4v) is 2.33. The summed E-state index contributed by atoms with van der Waals surface area (Å²) in [6.45, 7) is 13.9. The number of nitrogens with one attached hydrogen (secondary N) is 1. The molecular formula is C18H28BNO4. The van der Waals surface area contributed by atoms with Crippen LogP contribution in [0.25, 0.3) is 0 Å². The van der Waals surface area contributed by atoms with Crippen LogP contribution in [0, 0.1) is 0 Å². The molecule has 0 aliphatic carbocycles. The Labute approximate surface area is 145 Å². The van der Waals surface area contributed by atoms with E-state index in [1.807, 2.05) is 72.7 Å². The first-order valence-corrected chi connectivity index (χ1v) is 8.29. The smallest absolute Gasteiger partial charge is 0.484 e. The molecule has 0 aromatic heterocycles. The zero-order chi connectivity index (χ0) is 18.2. The van der Waals surface area contributed by atoms with Crippen LogP contribution < -0.4 is 15.5 Å². The van der Waals surface area contributed by atoms with Gasteiger partial charge in [0.05, 0.1) is 11.2 Å². The average molecular weight is 333 g/mol. The molecule has 1 aromatic rings. The van der Waals surface area contributed by atoms with Gasteiger partial charge < -0.3 is 19.4 Å². The SMILES string of the molecule is CC(C)(C)NC(=O)COc1cccc(B2OC(C)(C)C(C)(C)O2)c1. The Kier molecular flexibility index (Phi) is 5.02. The van der Waals surface area contributed by atoms with Gasteiger partial charge in [-0.3, -0.25) is 4.79 Å². The van der Waals surface area contributed by atoms with Gasteiger partial charge in [0.2, 0.25) is 0 Å². The third-order valence-corrected chi connectivity index (χ3v) is 4.27. The minimum atomic E-state index is -0.443. The number of ether oxygens (including phenoxy) is 1. The van der Waals surface area contributed by atoms with Crippen molar-refractivity contribution < 1.29 is 18.8 Å². The molecule has 1 aromatic carbocycles. The van der Waals surface area contributed by atoms with Crippen LogP contribution in [0.3, 0.4) is 0 Å². The van der Waals surface area contributed by atoms with E-state index in [0.29, 0.717) is 5.75 Å². The lowest BCUT2D eigenvalue weighted by molar-refractivity contribution is -0.124. The predicted octanol–water partition coefficient (Wildman–Crippen LogP) is 2.28. The van der Waals surface area contributed by atoms with E-state index in [9.17, 15) is 4.79 Å². The lowest BCUT2D eigenvalue weighted by Gasteiger charge is -2.32. The van der Waals surface area contributed by atoms with Crippen molar-refractivity contribution in [1.82, 2.24) is 5.32 Å². The van der Waals surface area contributed by atoms with Gasteiger partial charge >= 0.3 is 7.12 Å². The van der Waals surface area contributed by atoms with Crippen LogP contribution >= 0.6 is 0 Å². The predicted molar refractivity (Wildman–Crippen MR) is 95.5 cm³/mol. The molecule has 5 nitrogen and oxygen atoms in total. The molecule has 1 heterocycles. The van der Waals surface area contributed by atoms with Gasteiger partial charge in [-0.1, -0.05) is 12.1 Å². The van der Waals surface area contributed by atoms with E-state index in [-0.39, 0.29) is 29.3 Å². The maximum absolute atomic E-state index is 11.9. The summed E-state index contributed by atoms with van der Waals surface area (Å²) in [5.74, 6) is 0.467. The highest BCUT2D eigenvalue weighted by Crippen LogP contribution is 2.36. The van der Waals surface area contributed by atoms with Crippen molar-refractivity contribution in [2.45, 2.75) is 65.2 Å². The first kappa shape index (κ1) is 18.8. The van der Waals surface area contributed by atoms with E-state index in [4.69, 9.17) is 14.0 Å². The average Bonchev–Trinajstić information content (AvgIpc) is 2.64. The minimum Gasteiger partial charge on any atom is -0.484 e. The van der Waals surface area contributed by atoms with Crippen molar-refractivity contribution in [2.24, 2.45) is 0 Å². The second-order valence-corrected chi connectivity index (χ2v) is 8.25. The van der Waals surface area contributed by atoms with Crippen LogP contribution in [0.1, 0.15) is 48.5 Å². The molecule has 1 aliphatic heterocycles. The van der Waals surface area contributed by atoms with Crippen LogP contribution in [0.15, 0.2) is 24.3 Å². The molecular weight excluding hydrogens is 305 g/mol. The molecule has 1 saturated heterocycles. The summed E-state index contributed by atoms with van der Waals surface area (Å²) in [6.07, 6.45) is 0. The molecule has 0 saturated carbocycles. The molecule has 6 heteroatoms. The number of hydrogen-bond donors (Lipinski definition) is 1. The molecule has 132 valence electrons. The van der Waals surface area contributed by atoms with E-state index in [0.717, 1.165) is 5.46 Å². The first-order chi connectivity index (χ1) is 10.9. The molecule has 1 N–H and O–H groups in total. The van der Waals surface area contributed by atoms with E-state index in [1.54, 1.807) is 0 Å². The maximum Gasteiger partial charge on any atom is 0.494 e. The number of rotatable bonds is 4. The molecule has 0 spiro atoms. The number of amides is 1. The number of carbonyl (C=O) groups excluding carboxylic acids is 1. The zero-order valence-electron chi connectivity index (χ0n) is 15.7. The second kappa shape index (κ2) is 6.41. The molecule has 2 rings (SSSR count). The molecule has 1 fully saturated rings. The number of benzene rings is 1. The molecule has 0 unspecified atom stereocenters. The maximum atomic E-state index is 11.9. The second-order valence-electron chi connectivity index (χ2n) is 8.25. The Morgan fingerprint density at radius 3 is 2.29 bits per heavy atom. The van der Waals surface area contributed by atoms with Crippen LogP contribution in [-0.2, 0) is 14.1 Å². The van der Waals surface area contributed by atoms with Gasteiger partial charge in [-0.2, -0.15) is 0 Å². The van der Waals surface area contributed by atoms with Gasteiger partial charge in [-0.05, 0) is 66.1 Å². The number of carbonyl (C=O) groups is 1. The highest BCUT2D eigenvalue weighted by Gasteiger charge is 2.51. The normalized spacial score (nSPS) is 19.2. The highest BCUT2D eigenvalue weighted by molar-refractivity contribution is 6.62. The van der Waals surface area contributed by atoms with Crippen molar-refractivity contribution >= 4 is 18.5 Å². The van der Waals surface area contributed by atoms with Gasteiger partial charge in [-0.25, -0.2) is 0 Å². The molecule has 1 aliphatic rings. The summed E-state index contributed by atoms with van der Waals surface area (Å²) in [5, 5.41) is 2.87. The van der Waals surface area contributed by atoms with Crippen LogP contribution in [0.5, 0.6) is 5.75 Å². The van der Waals surface area contributed by atoms with Crippen LogP contribution in [-0.4, -0.2) is 36.4 Å². The third kappa shape index (κ3) is 4.51. The molecule has 0 radical (unpaired) electrons. The Bertz CT molecular complexity index is 591. The minimum absolute atomic E-state index is 0.0237. The zero-order valence-corrected chi connectivity index (χ0v) is 15.7. The van der Waals surface area contributed by atoms with E-state index >= 15 is 0 Å². The van der Waals surface area contributed by atoms with Crippen molar-refractivity contribution in [3.63, 3.8) is 0 Å². The van der Waals surface area contributed by atoms with Crippen LogP contribution in [0.4, 0.5) is 0 Å².